The minimum absolute atomic E-state index is 0.262. The molecule has 19 heavy (non-hydrogen) atoms. The largest absolute Gasteiger partial charge is 0.467 e. The number of carbonyl (C=O) groups is 2. The number of methoxy groups -OCH3 is 1. The topological polar surface area (TPSA) is 75.6 Å². The molecule has 2 N–H and O–H groups in total. The van der Waals surface area contributed by atoms with E-state index < -0.39 is 18.6 Å². The molecule has 102 valence electrons. The Hall–Kier alpha value is -1.53. The van der Waals surface area contributed by atoms with E-state index in [1.54, 1.807) is 11.8 Å². The van der Waals surface area contributed by atoms with E-state index in [1.165, 1.54) is 7.11 Å². The van der Waals surface area contributed by atoms with Gasteiger partial charge in [0.1, 0.15) is 0 Å². The summed E-state index contributed by atoms with van der Waals surface area (Å²) >= 11 is 1.61. The standard InChI is InChI=1S/C13H15NO4S/c1-18-13(17)10(6-15)14-12(16)9-7-19-11-5-3-2-4-8(9)11/h2-5,9-10,15H,6-7H2,1H3,(H,14,16). The number of rotatable bonds is 4. The van der Waals surface area contributed by atoms with Gasteiger partial charge in [-0.15, -0.1) is 11.8 Å². The van der Waals surface area contributed by atoms with Crippen molar-refractivity contribution in [1.29, 1.82) is 0 Å². The van der Waals surface area contributed by atoms with Gasteiger partial charge in [-0.3, -0.25) is 4.79 Å². The number of thioether (sulfide) groups is 1. The Bertz CT molecular complexity index is 491. The molecular formula is C13H15NO4S. The van der Waals surface area contributed by atoms with E-state index in [4.69, 9.17) is 5.11 Å². The lowest BCUT2D eigenvalue weighted by atomic mass is 10.0. The predicted octanol–water partition coefficient (Wildman–Crippen LogP) is 0.526. The van der Waals surface area contributed by atoms with Crippen LogP contribution in [0.3, 0.4) is 0 Å². The Morgan fingerprint density at radius 3 is 2.95 bits per heavy atom. The molecule has 0 bridgehead atoms. The molecule has 1 heterocycles. The van der Waals surface area contributed by atoms with Crippen molar-refractivity contribution in [2.45, 2.75) is 16.9 Å². The summed E-state index contributed by atoms with van der Waals surface area (Å²) in [7, 11) is 1.22. The van der Waals surface area contributed by atoms with Crippen molar-refractivity contribution < 1.29 is 19.4 Å². The van der Waals surface area contributed by atoms with Gasteiger partial charge in [0.15, 0.2) is 6.04 Å². The van der Waals surface area contributed by atoms with Crippen molar-refractivity contribution >= 4 is 23.6 Å². The SMILES string of the molecule is COC(=O)C(CO)NC(=O)C1CSc2ccccc21. The third-order valence-electron chi connectivity index (χ3n) is 3.00. The van der Waals surface area contributed by atoms with Crippen LogP contribution in [0.15, 0.2) is 29.2 Å². The zero-order valence-corrected chi connectivity index (χ0v) is 11.3. The Kier molecular flexibility index (Phi) is 4.44. The molecule has 0 aromatic heterocycles. The summed E-state index contributed by atoms with van der Waals surface area (Å²) in [5, 5.41) is 11.6. The second-order valence-electron chi connectivity index (χ2n) is 4.17. The Balaban J connectivity index is 2.07. The first-order valence-corrected chi connectivity index (χ1v) is 6.86. The smallest absolute Gasteiger partial charge is 0.330 e. The molecule has 1 amide bonds. The van der Waals surface area contributed by atoms with E-state index in [-0.39, 0.29) is 11.8 Å². The van der Waals surface area contributed by atoms with Gasteiger partial charge < -0.3 is 15.2 Å². The van der Waals surface area contributed by atoms with E-state index in [0.717, 1.165) is 10.5 Å². The monoisotopic (exact) mass is 281 g/mol. The maximum Gasteiger partial charge on any atom is 0.330 e. The molecule has 0 spiro atoms. The highest BCUT2D eigenvalue weighted by molar-refractivity contribution is 7.99. The Morgan fingerprint density at radius 2 is 2.26 bits per heavy atom. The number of esters is 1. The predicted molar refractivity (Wildman–Crippen MR) is 70.9 cm³/mol. The number of hydrogen-bond donors (Lipinski definition) is 2. The average molecular weight is 281 g/mol. The third-order valence-corrected chi connectivity index (χ3v) is 4.18. The Morgan fingerprint density at radius 1 is 1.53 bits per heavy atom. The van der Waals surface area contributed by atoms with Crippen molar-refractivity contribution in [3.63, 3.8) is 0 Å². The number of fused-ring (bicyclic) bond motifs is 1. The van der Waals surface area contributed by atoms with E-state index >= 15 is 0 Å². The van der Waals surface area contributed by atoms with Gasteiger partial charge in [0.25, 0.3) is 0 Å². The van der Waals surface area contributed by atoms with E-state index in [9.17, 15) is 9.59 Å². The molecule has 1 aliphatic rings. The highest BCUT2D eigenvalue weighted by Gasteiger charge is 2.31. The number of hydrogen-bond acceptors (Lipinski definition) is 5. The maximum absolute atomic E-state index is 12.2. The van der Waals surface area contributed by atoms with Crippen molar-refractivity contribution in [1.82, 2.24) is 5.32 Å². The molecule has 0 aliphatic carbocycles. The fourth-order valence-corrected chi connectivity index (χ4v) is 3.20. The zero-order valence-electron chi connectivity index (χ0n) is 10.5. The minimum atomic E-state index is -1.00. The normalized spacial score (nSPS) is 18.5. The molecule has 1 aromatic rings. The molecule has 2 atom stereocenters. The van der Waals surface area contributed by atoms with Crippen LogP contribution in [0.4, 0.5) is 0 Å². The second kappa shape index (κ2) is 6.08. The number of carbonyl (C=O) groups excluding carboxylic acids is 2. The maximum atomic E-state index is 12.2. The number of aliphatic hydroxyl groups excluding tert-OH is 1. The van der Waals surface area contributed by atoms with Gasteiger partial charge in [-0.1, -0.05) is 18.2 Å². The highest BCUT2D eigenvalue weighted by atomic mass is 32.2. The first kappa shape index (κ1) is 13.9. The second-order valence-corrected chi connectivity index (χ2v) is 5.23. The molecule has 5 nitrogen and oxygen atoms in total. The van der Waals surface area contributed by atoms with Gasteiger partial charge in [-0.05, 0) is 11.6 Å². The molecule has 0 radical (unpaired) electrons. The van der Waals surface area contributed by atoms with Crippen LogP contribution in [0.5, 0.6) is 0 Å². The van der Waals surface area contributed by atoms with Gasteiger partial charge in [0.05, 0.1) is 19.6 Å². The number of aliphatic hydroxyl groups is 1. The highest BCUT2D eigenvalue weighted by Crippen LogP contribution is 2.39. The molecule has 6 heteroatoms. The van der Waals surface area contributed by atoms with Crippen LogP contribution in [0.25, 0.3) is 0 Å². The summed E-state index contributed by atoms with van der Waals surface area (Å²) in [5.74, 6) is -0.554. The van der Waals surface area contributed by atoms with Crippen LogP contribution in [0.2, 0.25) is 0 Å². The molecule has 0 saturated carbocycles. The summed E-state index contributed by atoms with van der Waals surface area (Å²) in [5.41, 5.74) is 0.964. The fourth-order valence-electron chi connectivity index (χ4n) is 1.97. The van der Waals surface area contributed by atoms with Gasteiger partial charge >= 0.3 is 5.97 Å². The molecule has 1 aromatic carbocycles. The van der Waals surface area contributed by atoms with Crippen LogP contribution in [-0.4, -0.2) is 42.5 Å². The van der Waals surface area contributed by atoms with Gasteiger partial charge in [0, 0.05) is 10.6 Å². The lowest BCUT2D eigenvalue weighted by Crippen LogP contribution is -2.46. The van der Waals surface area contributed by atoms with Crippen molar-refractivity contribution in [2.75, 3.05) is 19.5 Å². The van der Waals surface area contributed by atoms with Crippen LogP contribution in [-0.2, 0) is 14.3 Å². The summed E-state index contributed by atoms with van der Waals surface area (Å²) in [4.78, 5) is 24.6. The van der Waals surface area contributed by atoms with E-state index in [1.807, 2.05) is 24.3 Å². The summed E-state index contributed by atoms with van der Waals surface area (Å²) in [6, 6.07) is 6.68. The van der Waals surface area contributed by atoms with Gasteiger partial charge in [-0.25, -0.2) is 4.79 Å². The minimum Gasteiger partial charge on any atom is -0.467 e. The lowest BCUT2D eigenvalue weighted by molar-refractivity contribution is -0.146. The summed E-state index contributed by atoms with van der Waals surface area (Å²) < 4.78 is 4.52. The third kappa shape index (κ3) is 2.90. The van der Waals surface area contributed by atoms with Crippen molar-refractivity contribution in [3.8, 4) is 0 Å². The van der Waals surface area contributed by atoms with E-state index in [2.05, 4.69) is 10.1 Å². The lowest BCUT2D eigenvalue weighted by Gasteiger charge is -2.17. The first-order valence-electron chi connectivity index (χ1n) is 5.88. The summed E-state index contributed by atoms with van der Waals surface area (Å²) in [6.07, 6.45) is 0. The molecule has 0 fully saturated rings. The quantitative estimate of drug-likeness (QED) is 0.787. The fraction of sp³-hybridized carbons (Fsp3) is 0.385. The molecule has 1 aliphatic heterocycles. The van der Waals surface area contributed by atoms with Crippen molar-refractivity contribution in [3.05, 3.63) is 29.8 Å². The Labute approximate surface area is 115 Å². The number of nitrogens with one attached hydrogen (secondary N) is 1. The van der Waals surface area contributed by atoms with Crippen LogP contribution < -0.4 is 5.32 Å². The molecule has 2 rings (SSSR count). The zero-order chi connectivity index (χ0) is 13.8. The van der Waals surface area contributed by atoms with Crippen molar-refractivity contribution in [2.24, 2.45) is 0 Å². The van der Waals surface area contributed by atoms with Gasteiger partial charge in [0.2, 0.25) is 5.91 Å². The average Bonchev–Trinajstić information content (AvgIpc) is 2.87. The van der Waals surface area contributed by atoms with Crippen LogP contribution >= 0.6 is 11.8 Å². The van der Waals surface area contributed by atoms with E-state index in [0.29, 0.717) is 5.75 Å². The number of benzene rings is 1. The molecule has 0 saturated heterocycles. The number of amides is 1. The summed E-state index contributed by atoms with van der Waals surface area (Å²) in [6.45, 7) is -0.472. The van der Waals surface area contributed by atoms with Crippen LogP contribution in [0, 0.1) is 0 Å². The van der Waals surface area contributed by atoms with Crippen LogP contribution in [0.1, 0.15) is 11.5 Å². The molecular weight excluding hydrogens is 266 g/mol. The van der Waals surface area contributed by atoms with Gasteiger partial charge in [-0.2, -0.15) is 0 Å². The molecule has 2 unspecified atom stereocenters. The number of ether oxygens (including phenoxy) is 1. The first-order chi connectivity index (χ1) is 9.17.